The first kappa shape index (κ1) is 80.8. The maximum atomic E-state index is 16.3. The highest BCUT2D eigenvalue weighted by atomic mass is 35.5. The number of phenolic OH excluding ortho intramolecular Hbond substituents is 2. The number of urea groups is 1. The van der Waals surface area contributed by atoms with Crippen molar-refractivity contribution in [2.24, 2.45) is 5.92 Å². The van der Waals surface area contributed by atoms with Crippen LogP contribution in [-0.4, -0.2) is 212 Å². The van der Waals surface area contributed by atoms with Crippen LogP contribution in [0, 0.1) is 19.8 Å². The van der Waals surface area contributed by atoms with Gasteiger partial charge in [-0.2, -0.15) is 0 Å². The highest BCUT2D eigenvalue weighted by molar-refractivity contribution is 6.32. The van der Waals surface area contributed by atoms with Crippen molar-refractivity contribution in [3.63, 3.8) is 0 Å². The molecule has 0 aliphatic carbocycles. The Kier molecular flexibility index (Phi) is 26.6. The maximum Gasteiger partial charge on any atom is 0.321 e. The van der Waals surface area contributed by atoms with E-state index in [2.05, 4.69) is 54.8 Å². The van der Waals surface area contributed by atoms with Gasteiger partial charge in [-0.3, -0.25) is 43.7 Å². The number of likely N-dealkylation sites (N-methyl/N-ethyl adjacent to an activating group) is 2. The van der Waals surface area contributed by atoms with E-state index in [-0.39, 0.29) is 98.8 Å². The molecule has 0 radical (unpaired) electrons. The van der Waals surface area contributed by atoms with Crippen LogP contribution in [-0.2, 0) is 43.1 Å². The van der Waals surface area contributed by atoms with Gasteiger partial charge in [-0.25, -0.2) is 4.79 Å². The van der Waals surface area contributed by atoms with Crippen LogP contribution in [0.5, 0.6) is 40.2 Å². The molecule has 14 atom stereocenters. The minimum absolute atomic E-state index is 0.0238. The smallest absolute Gasteiger partial charge is 0.321 e. The van der Waals surface area contributed by atoms with Crippen molar-refractivity contribution in [2.75, 3.05) is 53.4 Å². The number of halogens is 1. The molecule has 10 amide bonds. The van der Waals surface area contributed by atoms with Gasteiger partial charge in [0.15, 0.2) is 11.5 Å². The Morgan fingerprint density at radius 3 is 1.97 bits per heavy atom. The summed E-state index contributed by atoms with van der Waals surface area (Å²) in [4.78, 5) is 139. The summed E-state index contributed by atoms with van der Waals surface area (Å²) in [7, 11) is 3.36. The lowest BCUT2D eigenvalue weighted by molar-refractivity contribution is -0.277. The number of rotatable bonds is 18. The number of aliphatic hydroxyl groups excluding tert-OH is 6. The fourth-order valence-electron chi connectivity index (χ4n) is 13.7. The number of fused-ring (bicyclic) bond motifs is 15. The van der Waals surface area contributed by atoms with Crippen molar-refractivity contribution in [1.29, 1.82) is 0 Å². The first-order valence-corrected chi connectivity index (χ1v) is 36.3. The van der Waals surface area contributed by atoms with E-state index in [1.807, 2.05) is 25.8 Å². The van der Waals surface area contributed by atoms with Crippen LogP contribution in [0.25, 0.3) is 11.1 Å². The van der Waals surface area contributed by atoms with Gasteiger partial charge in [-0.05, 0) is 152 Å². The van der Waals surface area contributed by atoms with Gasteiger partial charge >= 0.3 is 6.03 Å². The van der Waals surface area contributed by atoms with Crippen molar-refractivity contribution < 1.29 is 103 Å². The first-order valence-electron chi connectivity index (χ1n) is 36.0. The van der Waals surface area contributed by atoms with Crippen LogP contribution in [0.2, 0.25) is 5.02 Å². The van der Waals surface area contributed by atoms with Crippen LogP contribution in [0.15, 0.2) is 78.9 Å². The lowest BCUT2D eigenvalue weighted by atomic mass is 9.87. The number of carbonyl (C=O) groups is 9. The van der Waals surface area contributed by atoms with Crippen molar-refractivity contribution in [1.82, 2.24) is 57.7 Å². The monoisotopic (exact) mass is 1520 g/mol. The molecule has 5 aromatic rings. The maximum absolute atomic E-state index is 16.3. The molecule has 7 heterocycles. The fraction of sp³-hybridized carbons (Fsp3) is 0.480. The number of hydrogen-bond acceptors (Lipinski definition) is 23. The van der Waals surface area contributed by atoms with E-state index in [9.17, 15) is 55.2 Å². The van der Waals surface area contributed by atoms with Gasteiger partial charge in [0.25, 0.3) is 0 Å². The molecule has 2 saturated heterocycles. The molecular formula is C75H94ClN11O21. The summed E-state index contributed by atoms with van der Waals surface area (Å²) in [5.74, 6) is -12.1. The number of carbonyl (C=O) groups excluding carboxylic acids is 9. The highest BCUT2D eigenvalue weighted by Gasteiger charge is 2.47. The van der Waals surface area contributed by atoms with E-state index in [4.69, 9.17) is 30.5 Å². The molecule has 32 nitrogen and oxygen atoms in total. The average Bonchev–Trinajstić information content (AvgIpc) is 0.765. The minimum Gasteiger partial charge on any atom is -0.508 e. The Hall–Kier alpha value is -9.74. The van der Waals surface area contributed by atoms with Gasteiger partial charge in [-0.15, -0.1) is 0 Å². The molecule has 33 heteroatoms. The molecule has 2 fully saturated rings. The van der Waals surface area contributed by atoms with E-state index in [1.165, 1.54) is 79.5 Å². The zero-order valence-corrected chi connectivity index (χ0v) is 61.5. The zero-order chi connectivity index (χ0) is 78.1. The van der Waals surface area contributed by atoms with E-state index in [0.717, 1.165) is 50.3 Å². The van der Waals surface area contributed by atoms with Gasteiger partial charge in [0.05, 0.1) is 24.1 Å². The Morgan fingerprint density at radius 1 is 0.667 bits per heavy atom. The number of nitrogens with one attached hydrogen (secondary N) is 9. The number of piperazine rings is 1. The molecule has 17 N–H and O–H groups in total. The van der Waals surface area contributed by atoms with E-state index < -0.39 is 180 Å². The number of aliphatic hydroxyl groups is 6. The zero-order valence-electron chi connectivity index (χ0n) is 60.7. The van der Waals surface area contributed by atoms with Crippen molar-refractivity contribution in [3.8, 4) is 51.4 Å². The van der Waals surface area contributed by atoms with Crippen molar-refractivity contribution in [2.45, 2.75) is 171 Å². The molecule has 7 aliphatic heterocycles. The summed E-state index contributed by atoms with van der Waals surface area (Å²) in [6.07, 6.45) is -9.45. The summed E-state index contributed by atoms with van der Waals surface area (Å²) >= 11 is 7.14. The average molecular weight is 1520 g/mol. The molecule has 0 spiro atoms. The van der Waals surface area contributed by atoms with Crippen molar-refractivity contribution >= 4 is 64.9 Å². The summed E-state index contributed by atoms with van der Waals surface area (Å²) in [5, 5.41) is 115. The predicted molar refractivity (Wildman–Crippen MR) is 388 cm³/mol. The molecule has 108 heavy (non-hydrogen) atoms. The Balaban J connectivity index is 1.20. The van der Waals surface area contributed by atoms with Crippen molar-refractivity contribution in [3.05, 3.63) is 123 Å². The SMILES string of the molecule is CCCCCCCCNC(=O)NC(=O)C[C@@H]1NC(=O)[C@H](NC(=O)[C@@H](CC(C)C)NC)[C@H](O)c2ccc(c(C)c2)Oc2cc3cc(c2O[C@@H]2O[C@H](CO)[C@@H](O)[C@H](O)[C@H]2O)Oc2ccc(cc2Cl)[C@@H](O)[C@@H]2NC(=O)[C@H](NC(=O)[C@@H]3NC1=O)c1ccc(O)c(c1)-c1c(C)cc(O)cc1[C@@H](C(=O)N1CCN(C)CC1)NC2=O. The number of imide groups is 1. The second-order valence-corrected chi connectivity index (χ2v) is 28.6. The Bertz CT molecular complexity index is 4200. The number of aryl methyl sites for hydroxylation is 2. The van der Waals surface area contributed by atoms with Crippen LogP contribution in [0.1, 0.15) is 141 Å². The van der Waals surface area contributed by atoms with Crippen LogP contribution in [0.3, 0.4) is 0 Å². The summed E-state index contributed by atoms with van der Waals surface area (Å²) in [6, 6.07) is 1.74. The first-order chi connectivity index (χ1) is 51.5. The normalized spacial score (nSPS) is 25.0. The molecule has 7 aliphatic rings. The molecule has 11 bridgehead atoms. The number of amides is 10. The standard InChI is InChI=1S/C75H94ClN11O21/c1-8-9-10-11-12-13-20-78-75(104)80-54(91)33-47-68(98)81-57-41-30-51(105-49-18-15-39(26-36(49)4)61(92)59(71(101)79-47)84-67(97)46(77-6)25-35(2)3)66(108-74-65(96)64(95)63(94)53(34-88)107-74)52(31-41)106-50-19-16-40(29-45(50)76)62(93)60-72(102)83-58(73(103)87-23-21-86(7)22-24-87)44-32-42(89)27-37(5)55(44)43-28-38(14-17-48(43)90)56(69(99)85-60)82-70(57)100/h14-19,26-32,35,46-47,53,56-65,74,77,88-90,92-96H,8-13,20-25,33-34H2,1-7H3,(H,79,101)(H,81,98)(H,82,100)(H,83,102)(H,84,97)(H,85,99)(H2,78,80,91,104)/t46-,47+,53-,56-,57-,58+,59-,60+,61-,62-,63-,64+,65-,74+/m1/s1. The second-order valence-electron chi connectivity index (χ2n) is 28.2. The van der Waals surface area contributed by atoms with Crippen LogP contribution in [0.4, 0.5) is 4.79 Å². The fourth-order valence-corrected chi connectivity index (χ4v) is 13.9. The van der Waals surface area contributed by atoms with Gasteiger partial charge in [0.2, 0.25) is 59.3 Å². The van der Waals surface area contributed by atoms with Crippen LogP contribution < -0.4 is 62.1 Å². The Morgan fingerprint density at radius 2 is 1.31 bits per heavy atom. The molecule has 0 aromatic heterocycles. The molecule has 12 rings (SSSR count). The molecule has 582 valence electrons. The van der Waals surface area contributed by atoms with E-state index >= 15 is 28.8 Å². The third-order valence-corrected chi connectivity index (χ3v) is 20.0. The number of nitrogens with zero attached hydrogens (tertiary/aromatic N) is 2. The van der Waals surface area contributed by atoms with Gasteiger partial charge < -0.3 is 112 Å². The molecule has 5 aromatic carbocycles. The highest BCUT2D eigenvalue weighted by Crippen LogP contribution is 2.49. The molecule has 0 unspecified atom stereocenters. The van der Waals surface area contributed by atoms with Gasteiger partial charge in [-0.1, -0.05) is 82.7 Å². The summed E-state index contributed by atoms with van der Waals surface area (Å²) in [6.45, 7) is 9.27. The number of aromatic hydroxyl groups is 2. The minimum atomic E-state index is -2.29. The number of hydrogen-bond donors (Lipinski definition) is 17. The quantitative estimate of drug-likeness (QED) is 0.0560. The number of unbranched alkanes of at least 4 members (excludes halogenated alkanes) is 5. The number of ether oxygens (including phenoxy) is 4. The topological polar surface area (TPSA) is 467 Å². The van der Waals surface area contributed by atoms with Gasteiger partial charge in [0.1, 0.15) is 95.9 Å². The molecular weight excluding hydrogens is 1430 g/mol. The summed E-state index contributed by atoms with van der Waals surface area (Å²) in [5.41, 5.74) is -0.409. The van der Waals surface area contributed by atoms with Gasteiger partial charge in [0, 0.05) is 38.3 Å². The largest absolute Gasteiger partial charge is 0.508 e. The lowest BCUT2D eigenvalue weighted by Crippen LogP contribution is -2.60. The lowest BCUT2D eigenvalue weighted by Gasteiger charge is -2.39. The van der Waals surface area contributed by atoms with E-state index in [1.54, 1.807) is 6.92 Å². The number of phenols is 2. The Labute approximate surface area is 627 Å². The number of benzene rings is 5. The summed E-state index contributed by atoms with van der Waals surface area (Å²) < 4.78 is 25.6. The van der Waals surface area contributed by atoms with Crippen LogP contribution >= 0.6 is 11.6 Å². The third-order valence-electron chi connectivity index (χ3n) is 19.7. The second kappa shape index (κ2) is 35.5. The molecule has 0 saturated carbocycles. The predicted octanol–water partition coefficient (Wildman–Crippen LogP) is 2.52. The third kappa shape index (κ3) is 18.7. The van der Waals surface area contributed by atoms with E-state index in [0.29, 0.717) is 19.5 Å².